The second-order valence-corrected chi connectivity index (χ2v) is 6.81. The third-order valence-electron chi connectivity index (χ3n) is 4.11. The summed E-state index contributed by atoms with van der Waals surface area (Å²) in [4.78, 5) is 34.9. The number of nitrogens with one attached hydrogen (secondary N) is 2. The van der Waals surface area contributed by atoms with E-state index in [0.717, 1.165) is 29.9 Å². The van der Waals surface area contributed by atoms with Crippen molar-refractivity contribution in [3.8, 4) is 6.07 Å². The zero-order valence-corrected chi connectivity index (χ0v) is 17.1. The van der Waals surface area contributed by atoms with Gasteiger partial charge in [0.25, 0.3) is 5.91 Å². The maximum atomic E-state index is 12.1. The maximum absolute atomic E-state index is 12.1. The summed E-state index contributed by atoms with van der Waals surface area (Å²) in [7, 11) is 0. The Morgan fingerprint density at radius 1 is 1.32 bits per heavy atom. The van der Waals surface area contributed by atoms with Crippen LogP contribution >= 0.6 is 0 Å². The highest BCUT2D eigenvalue weighted by Crippen LogP contribution is 2.20. The normalized spacial score (nSPS) is 11.1. The molecule has 8 nitrogen and oxygen atoms in total. The number of esters is 1. The van der Waals surface area contributed by atoms with Gasteiger partial charge in [0, 0.05) is 24.5 Å². The van der Waals surface area contributed by atoms with E-state index in [1.54, 1.807) is 6.92 Å². The number of carbonyl (C=O) groups is 3. The lowest BCUT2D eigenvalue weighted by molar-refractivity contribution is -0.144. The van der Waals surface area contributed by atoms with Gasteiger partial charge in [-0.2, -0.15) is 5.26 Å². The summed E-state index contributed by atoms with van der Waals surface area (Å²) in [5.74, 6) is -1.13. The molecule has 3 amide bonds. The number of urea groups is 1. The van der Waals surface area contributed by atoms with Crippen molar-refractivity contribution in [3.63, 3.8) is 0 Å². The zero-order valence-electron chi connectivity index (χ0n) is 17.1. The van der Waals surface area contributed by atoms with Gasteiger partial charge in [0.05, 0.1) is 0 Å². The molecular weight excluding hydrogens is 360 g/mol. The van der Waals surface area contributed by atoms with Crippen molar-refractivity contribution in [3.05, 3.63) is 28.6 Å². The molecule has 0 aromatic carbocycles. The lowest BCUT2D eigenvalue weighted by atomic mass is 10.1. The summed E-state index contributed by atoms with van der Waals surface area (Å²) in [6, 6.07) is 3.04. The van der Waals surface area contributed by atoms with Crippen LogP contribution in [0.3, 0.4) is 0 Å². The van der Waals surface area contributed by atoms with Gasteiger partial charge < -0.3 is 14.6 Å². The molecule has 28 heavy (non-hydrogen) atoms. The Bertz CT molecular complexity index is 800. The van der Waals surface area contributed by atoms with Gasteiger partial charge in [0.2, 0.25) is 0 Å². The van der Waals surface area contributed by atoms with Gasteiger partial charge in [-0.05, 0) is 50.8 Å². The van der Waals surface area contributed by atoms with E-state index in [1.165, 1.54) is 6.08 Å². The molecule has 0 bridgehead atoms. The molecule has 1 rings (SSSR count). The molecule has 0 fully saturated rings. The second kappa shape index (κ2) is 10.9. The van der Waals surface area contributed by atoms with Crippen molar-refractivity contribution < 1.29 is 19.1 Å². The lowest BCUT2D eigenvalue weighted by Gasteiger charge is -2.11. The van der Waals surface area contributed by atoms with Gasteiger partial charge in [-0.25, -0.2) is 9.59 Å². The van der Waals surface area contributed by atoms with Gasteiger partial charge in [0.1, 0.15) is 11.6 Å². The third kappa shape index (κ3) is 6.91. The fourth-order valence-corrected chi connectivity index (χ4v) is 2.57. The Morgan fingerprint density at radius 3 is 2.57 bits per heavy atom. The summed E-state index contributed by atoms with van der Waals surface area (Å²) >= 11 is 0. The highest BCUT2D eigenvalue weighted by atomic mass is 16.5. The molecule has 0 aliphatic heterocycles. The van der Waals surface area contributed by atoms with Gasteiger partial charge in [-0.3, -0.25) is 10.1 Å². The molecule has 0 radical (unpaired) electrons. The minimum absolute atomic E-state index is 0.213. The molecule has 152 valence electrons. The zero-order chi connectivity index (χ0) is 21.3. The molecule has 0 spiro atoms. The number of ether oxygens (including phenoxy) is 1. The fourth-order valence-electron chi connectivity index (χ4n) is 2.57. The number of nitriles is 1. The van der Waals surface area contributed by atoms with Crippen LogP contribution in [0.5, 0.6) is 0 Å². The Morgan fingerprint density at radius 2 is 2.00 bits per heavy atom. The smallest absolute Gasteiger partial charge is 0.349 e. The molecule has 0 saturated heterocycles. The molecule has 0 unspecified atom stereocenters. The highest BCUT2D eigenvalue weighted by Gasteiger charge is 2.16. The summed E-state index contributed by atoms with van der Waals surface area (Å²) in [5.41, 5.74) is 2.53. The molecule has 1 aromatic heterocycles. The average molecular weight is 388 g/mol. The van der Waals surface area contributed by atoms with E-state index in [0.29, 0.717) is 12.5 Å². The lowest BCUT2D eigenvalue weighted by Crippen LogP contribution is -2.41. The molecular formula is C20H28N4O4. The molecule has 1 aromatic rings. The van der Waals surface area contributed by atoms with Gasteiger partial charge in [0.15, 0.2) is 6.61 Å². The number of imide groups is 1. The second-order valence-electron chi connectivity index (χ2n) is 6.81. The first-order chi connectivity index (χ1) is 13.2. The van der Waals surface area contributed by atoms with Crippen molar-refractivity contribution in [1.82, 2.24) is 15.2 Å². The van der Waals surface area contributed by atoms with E-state index < -0.39 is 24.5 Å². The number of amides is 3. The van der Waals surface area contributed by atoms with Gasteiger partial charge >= 0.3 is 12.0 Å². The predicted molar refractivity (Wildman–Crippen MR) is 105 cm³/mol. The Labute approximate surface area is 165 Å². The summed E-state index contributed by atoms with van der Waals surface area (Å²) in [6.45, 7) is 10.5. The minimum atomic E-state index is -0.916. The summed E-state index contributed by atoms with van der Waals surface area (Å²) < 4.78 is 6.98. The molecule has 0 aliphatic rings. The van der Waals surface area contributed by atoms with E-state index in [-0.39, 0.29) is 5.57 Å². The molecule has 0 saturated carbocycles. The number of rotatable bonds is 8. The number of hydrogen-bond donors (Lipinski definition) is 2. The topological polar surface area (TPSA) is 113 Å². The number of hydrogen-bond acceptors (Lipinski definition) is 5. The van der Waals surface area contributed by atoms with E-state index >= 15 is 0 Å². The molecule has 1 heterocycles. The van der Waals surface area contributed by atoms with E-state index in [1.807, 2.05) is 31.3 Å². The molecule has 2 N–H and O–H groups in total. The third-order valence-corrected chi connectivity index (χ3v) is 4.11. The fraction of sp³-hybridized carbons (Fsp3) is 0.500. The first kappa shape index (κ1) is 23.0. The van der Waals surface area contributed by atoms with Crippen molar-refractivity contribution in [2.24, 2.45) is 5.92 Å². The van der Waals surface area contributed by atoms with Crippen molar-refractivity contribution in [2.45, 2.75) is 47.6 Å². The van der Waals surface area contributed by atoms with Crippen LogP contribution in [0, 0.1) is 31.1 Å². The first-order valence-electron chi connectivity index (χ1n) is 9.22. The standard InChI is InChI=1S/C20H28N4O4/c1-6-22-20(27)23-18(25)12-28-19(26)17(11-21)10-16-9-14(4)24(15(16)5)8-7-13(2)3/h9-10,13H,6-8,12H2,1-5H3,(H2,22,23,25,27)/b17-10+. The predicted octanol–water partition coefficient (Wildman–Crippen LogP) is 2.45. The first-order valence-corrected chi connectivity index (χ1v) is 9.22. The van der Waals surface area contributed by atoms with Crippen LogP contribution in [-0.4, -0.2) is 35.6 Å². The van der Waals surface area contributed by atoms with Crippen LogP contribution in [0.1, 0.15) is 44.1 Å². The monoisotopic (exact) mass is 388 g/mol. The molecule has 0 atom stereocenters. The highest BCUT2D eigenvalue weighted by molar-refractivity contribution is 6.00. The molecule has 8 heteroatoms. The van der Waals surface area contributed by atoms with Crippen molar-refractivity contribution >= 4 is 24.0 Å². The van der Waals surface area contributed by atoms with Crippen LogP contribution in [0.25, 0.3) is 6.08 Å². The maximum Gasteiger partial charge on any atom is 0.349 e. The van der Waals surface area contributed by atoms with Crippen molar-refractivity contribution in [1.29, 1.82) is 5.26 Å². The summed E-state index contributed by atoms with van der Waals surface area (Å²) in [6.07, 6.45) is 2.48. The van der Waals surface area contributed by atoms with Crippen LogP contribution in [-0.2, 0) is 20.9 Å². The SMILES string of the molecule is CCNC(=O)NC(=O)COC(=O)/C(C#N)=C/c1cc(C)n(CCC(C)C)c1C. The van der Waals surface area contributed by atoms with E-state index in [4.69, 9.17) is 4.74 Å². The quantitative estimate of drug-likeness (QED) is 0.403. The minimum Gasteiger partial charge on any atom is -0.451 e. The average Bonchev–Trinajstić information content (AvgIpc) is 2.89. The van der Waals surface area contributed by atoms with E-state index in [2.05, 4.69) is 23.7 Å². The molecule has 0 aliphatic carbocycles. The Balaban J connectivity index is 2.82. The number of nitrogens with zero attached hydrogens (tertiary/aromatic N) is 2. The Kier molecular flexibility index (Phi) is 8.96. The number of aryl methyl sites for hydroxylation is 1. The summed E-state index contributed by atoms with van der Waals surface area (Å²) in [5, 5.41) is 13.7. The largest absolute Gasteiger partial charge is 0.451 e. The van der Waals surface area contributed by atoms with Gasteiger partial charge in [-0.15, -0.1) is 0 Å². The Hall–Kier alpha value is -3.08. The van der Waals surface area contributed by atoms with Gasteiger partial charge in [-0.1, -0.05) is 13.8 Å². The van der Waals surface area contributed by atoms with Crippen LogP contribution in [0.4, 0.5) is 4.79 Å². The van der Waals surface area contributed by atoms with Crippen LogP contribution < -0.4 is 10.6 Å². The van der Waals surface area contributed by atoms with Crippen molar-refractivity contribution in [2.75, 3.05) is 13.2 Å². The number of carbonyl (C=O) groups excluding carboxylic acids is 3. The number of aromatic nitrogens is 1. The van der Waals surface area contributed by atoms with E-state index in [9.17, 15) is 19.6 Å². The van der Waals surface area contributed by atoms with Crippen LogP contribution in [0.15, 0.2) is 11.6 Å². The van der Waals surface area contributed by atoms with Crippen LogP contribution in [0.2, 0.25) is 0 Å².